The highest BCUT2D eigenvalue weighted by Gasteiger charge is 2.16. The van der Waals surface area contributed by atoms with Crippen molar-refractivity contribution < 1.29 is 13.2 Å². The van der Waals surface area contributed by atoms with Crippen molar-refractivity contribution in [2.75, 3.05) is 39.0 Å². The second kappa shape index (κ2) is 7.09. The first-order valence-corrected chi connectivity index (χ1v) is 7.73. The third-order valence-corrected chi connectivity index (χ3v) is 4.76. The number of hydrogen-bond acceptors (Lipinski definition) is 4. The van der Waals surface area contributed by atoms with Gasteiger partial charge in [0.1, 0.15) is 0 Å². The lowest BCUT2D eigenvalue weighted by Gasteiger charge is -2.17. The summed E-state index contributed by atoms with van der Waals surface area (Å²) < 4.78 is 30.0. The lowest BCUT2D eigenvalue weighted by atomic mass is 10.3. The Balaban J connectivity index is 2.82. The van der Waals surface area contributed by atoms with Gasteiger partial charge in [-0.15, -0.1) is 11.6 Å². The predicted octanol–water partition coefficient (Wildman–Crippen LogP) is 1.60. The van der Waals surface area contributed by atoms with Gasteiger partial charge in [-0.25, -0.2) is 12.7 Å². The van der Waals surface area contributed by atoms with Crippen LogP contribution in [0.3, 0.4) is 0 Å². The largest absolute Gasteiger partial charge is 0.383 e. The molecule has 108 valence electrons. The number of sulfonamides is 1. The molecule has 0 saturated heterocycles. The monoisotopic (exact) mass is 306 g/mol. The molecule has 0 aromatic heterocycles. The van der Waals surface area contributed by atoms with Crippen molar-refractivity contribution in [3.05, 3.63) is 24.3 Å². The highest BCUT2D eigenvalue weighted by Crippen LogP contribution is 2.17. The van der Waals surface area contributed by atoms with Crippen LogP contribution >= 0.6 is 11.6 Å². The lowest BCUT2D eigenvalue weighted by Crippen LogP contribution is -2.26. The van der Waals surface area contributed by atoms with Gasteiger partial charge in [-0.1, -0.05) is 0 Å². The zero-order valence-electron chi connectivity index (χ0n) is 11.3. The van der Waals surface area contributed by atoms with Crippen LogP contribution in [0.1, 0.15) is 0 Å². The molecule has 0 amide bonds. The van der Waals surface area contributed by atoms with Crippen molar-refractivity contribution in [1.82, 2.24) is 4.31 Å². The standard InChI is InChI=1S/C12H19ClN2O3S/c1-15(2)19(16,17)12-6-4-10(5-7-12)14-11(8-13)9-18-3/h4-7,11,14H,8-9H2,1-3H3. The quantitative estimate of drug-likeness (QED) is 0.778. The second-order valence-corrected chi connectivity index (χ2v) is 6.72. The zero-order valence-corrected chi connectivity index (χ0v) is 12.8. The van der Waals surface area contributed by atoms with Crippen molar-refractivity contribution >= 4 is 27.3 Å². The van der Waals surface area contributed by atoms with E-state index in [4.69, 9.17) is 16.3 Å². The number of anilines is 1. The van der Waals surface area contributed by atoms with Crippen molar-refractivity contribution in [3.8, 4) is 0 Å². The van der Waals surface area contributed by atoms with Crippen molar-refractivity contribution in [2.24, 2.45) is 0 Å². The van der Waals surface area contributed by atoms with Crippen LogP contribution in [0.2, 0.25) is 0 Å². The first-order valence-electron chi connectivity index (χ1n) is 5.76. The fraction of sp³-hybridized carbons (Fsp3) is 0.500. The Hall–Kier alpha value is -0.820. The summed E-state index contributed by atoms with van der Waals surface area (Å²) >= 11 is 5.80. The molecule has 0 radical (unpaired) electrons. The smallest absolute Gasteiger partial charge is 0.242 e. The fourth-order valence-corrected chi connectivity index (χ4v) is 2.56. The van der Waals surface area contributed by atoms with Gasteiger partial charge in [0.05, 0.1) is 17.5 Å². The molecule has 0 aliphatic heterocycles. The van der Waals surface area contributed by atoms with Crippen LogP contribution in [0.4, 0.5) is 5.69 Å². The third kappa shape index (κ3) is 4.35. The minimum Gasteiger partial charge on any atom is -0.383 e. The molecule has 1 aromatic carbocycles. The van der Waals surface area contributed by atoms with Crippen LogP contribution in [0, 0.1) is 0 Å². The van der Waals surface area contributed by atoms with Gasteiger partial charge in [0.25, 0.3) is 0 Å². The number of halogens is 1. The second-order valence-electron chi connectivity index (χ2n) is 4.26. The third-order valence-electron chi connectivity index (χ3n) is 2.56. The normalized spacial score (nSPS) is 13.5. The van der Waals surface area contributed by atoms with E-state index in [0.717, 1.165) is 5.69 Å². The first kappa shape index (κ1) is 16.2. The molecule has 1 atom stereocenters. The molecular weight excluding hydrogens is 288 g/mol. The number of rotatable bonds is 7. The number of hydrogen-bond donors (Lipinski definition) is 1. The molecular formula is C12H19ClN2O3S. The molecule has 0 aliphatic rings. The SMILES string of the molecule is COCC(CCl)Nc1ccc(S(=O)(=O)N(C)C)cc1. The maximum Gasteiger partial charge on any atom is 0.242 e. The van der Waals surface area contributed by atoms with Crippen molar-refractivity contribution in [1.29, 1.82) is 0 Å². The summed E-state index contributed by atoms with van der Waals surface area (Å²) in [6.45, 7) is 0.487. The molecule has 1 aromatic rings. The maximum atomic E-state index is 11.9. The minimum absolute atomic E-state index is 0.0111. The summed E-state index contributed by atoms with van der Waals surface area (Å²) in [6, 6.07) is 6.55. The van der Waals surface area contributed by atoms with Gasteiger partial charge in [0, 0.05) is 32.8 Å². The van der Waals surface area contributed by atoms with E-state index in [1.54, 1.807) is 31.4 Å². The summed E-state index contributed by atoms with van der Waals surface area (Å²) in [5, 5.41) is 3.17. The molecule has 19 heavy (non-hydrogen) atoms. The summed E-state index contributed by atoms with van der Waals surface area (Å²) in [4.78, 5) is 0.261. The Labute approximate surface area is 119 Å². The van der Waals surface area contributed by atoms with E-state index in [0.29, 0.717) is 12.5 Å². The average molecular weight is 307 g/mol. The molecule has 0 heterocycles. The topological polar surface area (TPSA) is 58.6 Å². The minimum atomic E-state index is -3.38. The molecule has 0 fully saturated rings. The Bertz CT molecular complexity index is 488. The number of nitrogens with zero attached hydrogens (tertiary/aromatic N) is 1. The highest BCUT2D eigenvalue weighted by molar-refractivity contribution is 7.89. The van der Waals surface area contributed by atoms with Crippen molar-refractivity contribution in [2.45, 2.75) is 10.9 Å². The Morgan fingerprint density at radius 2 is 1.89 bits per heavy atom. The number of nitrogens with one attached hydrogen (secondary N) is 1. The van der Waals surface area contributed by atoms with Crippen LogP contribution < -0.4 is 5.32 Å². The lowest BCUT2D eigenvalue weighted by molar-refractivity contribution is 0.191. The molecule has 5 nitrogen and oxygen atoms in total. The first-order chi connectivity index (χ1) is 8.91. The molecule has 0 bridgehead atoms. The van der Waals surface area contributed by atoms with Gasteiger partial charge in [0.15, 0.2) is 0 Å². The van der Waals surface area contributed by atoms with E-state index >= 15 is 0 Å². The molecule has 1 rings (SSSR count). The van der Waals surface area contributed by atoms with Gasteiger partial charge in [0.2, 0.25) is 10.0 Å². The van der Waals surface area contributed by atoms with Crippen molar-refractivity contribution in [3.63, 3.8) is 0 Å². The molecule has 0 spiro atoms. The number of ether oxygens (including phenoxy) is 1. The van der Waals surface area contributed by atoms with Crippen LogP contribution in [-0.2, 0) is 14.8 Å². The molecule has 1 N–H and O–H groups in total. The van der Waals surface area contributed by atoms with E-state index in [1.807, 2.05) is 0 Å². The van der Waals surface area contributed by atoms with Gasteiger partial charge < -0.3 is 10.1 Å². The van der Waals surface area contributed by atoms with Gasteiger partial charge in [-0.05, 0) is 24.3 Å². The molecule has 0 saturated carbocycles. The van der Waals surface area contributed by atoms with E-state index in [2.05, 4.69) is 5.32 Å². The Morgan fingerprint density at radius 1 is 1.32 bits per heavy atom. The van der Waals surface area contributed by atoms with Gasteiger partial charge in [-0.3, -0.25) is 0 Å². The Kier molecular flexibility index (Phi) is 6.06. The van der Waals surface area contributed by atoms with E-state index < -0.39 is 10.0 Å². The summed E-state index contributed by atoms with van der Waals surface area (Å²) in [7, 11) is 1.23. The van der Waals surface area contributed by atoms with Crippen LogP contribution in [0.15, 0.2) is 29.2 Å². The van der Waals surface area contributed by atoms with Crippen LogP contribution in [0.5, 0.6) is 0 Å². The maximum absolute atomic E-state index is 11.9. The fourth-order valence-electron chi connectivity index (χ4n) is 1.50. The number of methoxy groups -OCH3 is 1. The van der Waals surface area contributed by atoms with E-state index in [9.17, 15) is 8.42 Å². The Morgan fingerprint density at radius 3 is 2.32 bits per heavy atom. The summed E-state index contributed by atoms with van der Waals surface area (Å²) in [5.74, 6) is 0.408. The van der Waals surface area contributed by atoms with Gasteiger partial charge in [-0.2, -0.15) is 0 Å². The number of benzene rings is 1. The van der Waals surface area contributed by atoms with E-state index in [-0.39, 0.29) is 10.9 Å². The molecule has 0 aliphatic carbocycles. The summed E-state index contributed by atoms with van der Waals surface area (Å²) in [6.07, 6.45) is 0. The van der Waals surface area contributed by atoms with Gasteiger partial charge >= 0.3 is 0 Å². The highest BCUT2D eigenvalue weighted by atomic mass is 35.5. The molecule has 1 unspecified atom stereocenters. The van der Waals surface area contributed by atoms with Crippen LogP contribution in [0.25, 0.3) is 0 Å². The predicted molar refractivity (Wildman–Crippen MR) is 77.3 cm³/mol. The van der Waals surface area contributed by atoms with Crippen LogP contribution in [-0.4, -0.2) is 52.5 Å². The summed E-state index contributed by atoms with van der Waals surface area (Å²) in [5.41, 5.74) is 0.806. The zero-order chi connectivity index (χ0) is 14.5. The number of alkyl halides is 1. The average Bonchev–Trinajstić information content (AvgIpc) is 2.38. The molecule has 7 heteroatoms. The van der Waals surface area contributed by atoms with E-state index in [1.165, 1.54) is 18.4 Å².